The molecule has 0 saturated carbocycles. The molecule has 0 unspecified atom stereocenters. The van der Waals surface area contributed by atoms with E-state index in [4.69, 9.17) is 0 Å². The highest BCUT2D eigenvalue weighted by Gasteiger charge is 2.02. The molecular weight excluding hydrogens is 374 g/mol. The van der Waals surface area contributed by atoms with Crippen LogP contribution in [0, 0.1) is 0 Å². The van der Waals surface area contributed by atoms with Crippen molar-refractivity contribution in [1.82, 2.24) is 6.15 Å². The monoisotopic (exact) mass is 431 g/mol. The molecule has 1 aromatic carbocycles. The van der Waals surface area contributed by atoms with E-state index in [1.54, 1.807) is 11.1 Å². The van der Waals surface area contributed by atoms with Crippen LogP contribution in [0.4, 0.5) is 0 Å². The van der Waals surface area contributed by atoms with Gasteiger partial charge in [-0.1, -0.05) is 154 Å². The fourth-order valence-corrected chi connectivity index (χ4v) is 4.65. The fraction of sp³-hybridized carbons (Fsp3) is 0.800. The molecule has 0 aliphatic heterocycles. The third kappa shape index (κ3) is 18.5. The summed E-state index contributed by atoms with van der Waals surface area (Å²) in [5.41, 5.74) is 3.26. The summed E-state index contributed by atoms with van der Waals surface area (Å²) in [6.07, 6.45) is 31.2. The Bertz CT molecular complexity index is 424. The van der Waals surface area contributed by atoms with Crippen LogP contribution < -0.4 is 6.15 Å². The molecule has 0 aliphatic rings. The summed E-state index contributed by atoms with van der Waals surface area (Å²) in [6.45, 7) is 4.60. The van der Waals surface area contributed by atoms with Gasteiger partial charge in [-0.25, -0.2) is 0 Å². The van der Waals surface area contributed by atoms with Crippen molar-refractivity contribution in [2.24, 2.45) is 0 Å². The first-order valence-electron chi connectivity index (χ1n) is 13.9. The fourth-order valence-electron chi connectivity index (χ4n) is 4.65. The van der Waals surface area contributed by atoms with E-state index in [2.05, 4.69) is 38.1 Å². The van der Waals surface area contributed by atoms with Crippen LogP contribution in [0.3, 0.4) is 0 Å². The minimum Gasteiger partial charge on any atom is -0.344 e. The zero-order valence-corrected chi connectivity index (χ0v) is 21.6. The zero-order chi connectivity index (χ0) is 21.5. The van der Waals surface area contributed by atoms with E-state index in [-0.39, 0.29) is 6.15 Å². The Morgan fingerprint density at radius 2 is 0.645 bits per heavy atom. The highest BCUT2D eigenvalue weighted by molar-refractivity contribution is 5.27. The maximum Gasteiger partial charge on any atom is -0.0276 e. The Balaban J connectivity index is 0.00000900. The summed E-state index contributed by atoms with van der Waals surface area (Å²) in [4.78, 5) is 0. The number of aryl methyl sites for hydroxylation is 2. The number of hydrogen-bond donors (Lipinski definition) is 1. The third-order valence-corrected chi connectivity index (χ3v) is 6.72. The molecule has 182 valence electrons. The lowest BCUT2D eigenvalue weighted by atomic mass is 9.96. The highest BCUT2D eigenvalue weighted by Crippen LogP contribution is 2.18. The summed E-state index contributed by atoms with van der Waals surface area (Å²) >= 11 is 0. The first kappa shape index (κ1) is 30.2. The van der Waals surface area contributed by atoms with E-state index in [1.165, 1.54) is 141 Å². The van der Waals surface area contributed by atoms with E-state index in [0.29, 0.717) is 0 Å². The first-order valence-corrected chi connectivity index (χ1v) is 13.9. The van der Waals surface area contributed by atoms with Gasteiger partial charge in [0.15, 0.2) is 0 Å². The largest absolute Gasteiger partial charge is 0.344 e. The lowest BCUT2D eigenvalue weighted by Crippen LogP contribution is -1.95. The Morgan fingerprint density at radius 1 is 0.387 bits per heavy atom. The second-order valence-electron chi connectivity index (χ2n) is 9.63. The van der Waals surface area contributed by atoms with Crippen LogP contribution in [0.5, 0.6) is 0 Å². The summed E-state index contributed by atoms with van der Waals surface area (Å²) < 4.78 is 0. The molecule has 1 heteroatoms. The molecule has 0 saturated heterocycles. The molecule has 0 fully saturated rings. The molecule has 1 nitrogen and oxygen atoms in total. The molecular formula is C30H57N. The minimum absolute atomic E-state index is 0. The van der Waals surface area contributed by atoms with Gasteiger partial charge in [-0.2, -0.15) is 0 Å². The lowest BCUT2D eigenvalue weighted by Gasteiger charge is -2.10. The van der Waals surface area contributed by atoms with Crippen molar-refractivity contribution >= 4 is 0 Å². The zero-order valence-electron chi connectivity index (χ0n) is 21.6. The Hall–Kier alpha value is -0.820. The summed E-state index contributed by atoms with van der Waals surface area (Å²) in [6, 6.07) is 9.26. The number of hydrogen-bond acceptors (Lipinski definition) is 1. The Kier molecular flexibility index (Phi) is 23.2. The van der Waals surface area contributed by atoms with Crippen molar-refractivity contribution in [1.29, 1.82) is 0 Å². The van der Waals surface area contributed by atoms with E-state index in [0.717, 1.165) is 0 Å². The van der Waals surface area contributed by atoms with Crippen LogP contribution in [-0.4, -0.2) is 0 Å². The number of rotatable bonds is 22. The van der Waals surface area contributed by atoms with Gasteiger partial charge in [-0.15, -0.1) is 0 Å². The number of unbranched alkanes of at least 4 members (excludes halogenated alkanes) is 18. The van der Waals surface area contributed by atoms with Crippen molar-refractivity contribution in [2.45, 2.75) is 155 Å². The quantitative estimate of drug-likeness (QED) is 0.182. The van der Waals surface area contributed by atoms with Crippen LogP contribution in [0.2, 0.25) is 0 Å². The molecule has 3 N–H and O–H groups in total. The maximum atomic E-state index is 2.39. The second kappa shape index (κ2) is 23.8. The van der Waals surface area contributed by atoms with E-state index >= 15 is 0 Å². The minimum atomic E-state index is 0. The normalized spacial score (nSPS) is 10.9. The number of benzene rings is 1. The van der Waals surface area contributed by atoms with Gasteiger partial charge in [0.2, 0.25) is 0 Å². The molecule has 1 aromatic rings. The predicted octanol–water partition coefficient (Wildman–Crippen LogP) is 10.8. The smallest absolute Gasteiger partial charge is 0.0276 e. The van der Waals surface area contributed by atoms with Crippen LogP contribution in [-0.2, 0) is 12.8 Å². The van der Waals surface area contributed by atoms with Crippen molar-refractivity contribution in [3.05, 3.63) is 35.4 Å². The van der Waals surface area contributed by atoms with Crippen molar-refractivity contribution in [2.75, 3.05) is 0 Å². The van der Waals surface area contributed by atoms with E-state index in [1.807, 2.05) is 0 Å². The molecule has 0 spiro atoms. The molecule has 0 atom stereocenters. The topological polar surface area (TPSA) is 35.0 Å². The van der Waals surface area contributed by atoms with Crippen LogP contribution in [0.25, 0.3) is 0 Å². The highest BCUT2D eigenvalue weighted by atomic mass is 14.1. The summed E-state index contributed by atoms with van der Waals surface area (Å²) in [7, 11) is 0. The molecule has 0 heterocycles. The van der Waals surface area contributed by atoms with Gasteiger partial charge in [-0.05, 0) is 36.8 Å². The van der Waals surface area contributed by atoms with Crippen LogP contribution in [0.15, 0.2) is 24.3 Å². The van der Waals surface area contributed by atoms with Gasteiger partial charge in [0.05, 0.1) is 0 Å². The van der Waals surface area contributed by atoms with Crippen molar-refractivity contribution < 1.29 is 0 Å². The SMILES string of the molecule is CCCCCCCCCCCCc1ccccc1CCCCCCCCCCCC.N. The molecule has 31 heavy (non-hydrogen) atoms. The van der Waals surface area contributed by atoms with E-state index < -0.39 is 0 Å². The molecule has 0 amide bonds. The predicted molar refractivity (Wildman–Crippen MR) is 143 cm³/mol. The van der Waals surface area contributed by atoms with Crippen molar-refractivity contribution in [3.63, 3.8) is 0 Å². The average Bonchev–Trinajstić information content (AvgIpc) is 2.77. The molecule has 0 aliphatic carbocycles. The van der Waals surface area contributed by atoms with Gasteiger partial charge in [-0.3, -0.25) is 0 Å². The summed E-state index contributed by atoms with van der Waals surface area (Å²) in [5, 5.41) is 0. The first-order chi connectivity index (χ1) is 14.9. The van der Waals surface area contributed by atoms with Gasteiger partial charge in [0.25, 0.3) is 0 Å². The average molecular weight is 432 g/mol. The maximum absolute atomic E-state index is 2.39. The Labute approximate surface area is 196 Å². The molecule has 0 radical (unpaired) electrons. The standard InChI is InChI=1S/C30H54.H3N/c1-3-5-7-9-11-13-15-17-19-21-25-29-27-23-24-28-30(29)26-22-20-18-16-14-12-10-8-6-4-2;/h23-24,27-28H,3-22,25-26H2,1-2H3;1H3. The van der Waals surface area contributed by atoms with Crippen LogP contribution in [0.1, 0.15) is 153 Å². The van der Waals surface area contributed by atoms with Gasteiger partial charge < -0.3 is 6.15 Å². The van der Waals surface area contributed by atoms with Gasteiger partial charge >= 0.3 is 0 Å². The Morgan fingerprint density at radius 3 is 0.935 bits per heavy atom. The molecule has 1 rings (SSSR count). The van der Waals surface area contributed by atoms with Crippen LogP contribution >= 0.6 is 0 Å². The summed E-state index contributed by atoms with van der Waals surface area (Å²) in [5.74, 6) is 0. The second-order valence-corrected chi connectivity index (χ2v) is 9.63. The van der Waals surface area contributed by atoms with Gasteiger partial charge in [0, 0.05) is 0 Å². The van der Waals surface area contributed by atoms with Gasteiger partial charge in [0.1, 0.15) is 0 Å². The molecule has 0 aromatic heterocycles. The lowest BCUT2D eigenvalue weighted by molar-refractivity contribution is 0.553. The molecule has 0 bridgehead atoms. The third-order valence-electron chi connectivity index (χ3n) is 6.72. The van der Waals surface area contributed by atoms with Crippen molar-refractivity contribution in [3.8, 4) is 0 Å². The van der Waals surface area contributed by atoms with E-state index in [9.17, 15) is 0 Å².